The van der Waals surface area contributed by atoms with Crippen molar-refractivity contribution in [1.82, 2.24) is 5.32 Å². The number of hydrogen-bond donors (Lipinski definition) is 2. The summed E-state index contributed by atoms with van der Waals surface area (Å²) >= 11 is 1.11. The zero-order valence-corrected chi connectivity index (χ0v) is 9.37. The van der Waals surface area contributed by atoms with Crippen LogP contribution in [-0.4, -0.2) is 25.0 Å². The molecule has 0 aliphatic heterocycles. The summed E-state index contributed by atoms with van der Waals surface area (Å²) in [5.74, 6) is -1.09. The average molecular weight is 233 g/mol. The molecule has 5 heteroatoms. The fraction of sp³-hybridized carbons (Fsp3) is 0.400. The molecule has 0 aromatic heterocycles. The fourth-order valence-electron chi connectivity index (χ4n) is 1.28. The highest BCUT2D eigenvalue weighted by atomic mass is 32.2. The lowest BCUT2D eigenvalue weighted by Crippen LogP contribution is -2.18. The third-order valence-electron chi connectivity index (χ3n) is 2.01. The van der Waals surface area contributed by atoms with Gasteiger partial charge in [0.05, 0.1) is 6.10 Å². The second kappa shape index (κ2) is 5.44. The molecule has 15 heavy (non-hydrogen) atoms. The highest BCUT2D eigenvalue weighted by molar-refractivity contribution is 7.98. The van der Waals surface area contributed by atoms with E-state index in [4.69, 9.17) is 0 Å². The highest BCUT2D eigenvalue weighted by Crippen LogP contribution is 2.27. The Morgan fingerprint density at radius 3 is 2.67 bits per heavy atom. The Morgan fingerprint density at radius 2 is 2.13 bits per heavy atom. The molecular weight excluding hydrogens is 220 g/mol. The smallest absolute Gasteiger partial charge is 0.142 e. The molecule has 1 unspecified atom stereocenters. The number of thioether (sulfide) groups is 1. The van der Waals surface area contributed by atoms with Gasteiger partial charge in [0, 0.05) is 17.0 Å². The van der Waals surface area contributed by atoms with Crippen molar-refractivity contribution in [3.63, 3.8) is 0 Å². The minimum absolute atomic E-state index is 0.00583. The molecule has 0 spiro atoms. The number of likely N-dealkylation sites (N-methyl/N-ethyl adjacent to an activating group) is 1. The predicted octanol–water partition coefficient (Wildman–Crippen LogP) is 1.94. The van der Waals surface area contributed by atoms with Gasteiger partial charge in [0.1, 0.15) is 11.6 Å². The Labute approximate surface area is 91.7 Å². The van der Waals surface area contributed by atoms with E-state index in [1.807, 2.05) is 0 Å². The topological polar surface area (TPSA) is 32.3 Å². The number of rotatable bonds is 4. The Hall–Kier alpha value is -0.650. The van der Waals surface area contributed by atoms with Gasteiger partial charge < -0.3 is 10.4 Å². The van der Waals surface area contributed by atoms with Crippen LogP contribution in [0.3, 0.4) is 0 Å². The largest absolute Gasteiger partial charge is 0.387 e. The van der Waals surface area contributed by atoms with Crippen molar-refractivity contribution in [3.8, 4) is 0 Å². The van der Waals surface area contributed by atoms with E-state index in [-0.39, 0.29) is 17.0 Å². The third-order valence-corrected chi connectivity index (χ3v) is 2.75. The second-order valence-corrected chi connectivity index (χ2v) is 3.93. The summed E-state index contributed by atoms with van der Waals surface area (Å²) in [5.41, 5.74) is -0.00583. The number of halogens is 2. The van der Waals surface area contributed by atoms with Crippen molar-refractivity contribution in [2.45, 2.75) is 11.0 Å². The van der Waals surface area contributed by atoms with Gasteiger partial charge in [-0.05, 0) is 25.4 Å². The number of hydrogen-bond acceptors (Lipinski definition) is 3. The van der Waals surface area contributed by atoms with Crippen LogP contribution >= 0.6 is 11.8 Å². The Kier molecular flexibility index (Phi) is 4.50. The quantitative estimate of drug-likeness (QED) is 0.779. The highest BCUT2D eigenvalue weighted by Gasteiger charge is 2.16. The van der Waals surface area contributed by atoms with Crippen LogP contribution in [0.4, 0.5) is 8.78 Å². The van der Waals surface area contributed by atoms with Gasteiger partial charge in [-0.1, -0.05) is 0 Å². The van der Waals surface area contributed by atoms with Crippen molar-refractivity contribution < 1.29 is 13.9 Å². The molecule has 0 radical (unpaired) electrons. The van der Waals surface area contributed by atoms with Gasteiger partial charge in [0.15, 0.2) is 0 Å². The summed E-state index contributed by atoms with van der Waals surface area (Å²) in [5, 5.41) is 12.3. The van der Waals surface area contributed by atoms with Gasteiger partial charge >= 0.3 is 0 Å². The molecule has 0 bridgehead atoms. The first kappa shape index (κ1) is 12.4. The van der Waals surface area contributed by atoms with E-state index in [2.05, 4.69) is 5.32 Å². The molecule has 1 aromatic carbocycles. The first-order valence-electron chi connectivity index (χ1n) is 4.45. The van der Waals surface area contributed by atoms with Crippen molar-refractivity contribution in [2.24, 2.45) is 0 Å². The van der Waals surface area contributed by atoms with Crippen LogP contribution in [0.25, 0.3) is 0 Å². The van der Waals surface area contributed by atoms with E-state index in [0.717, 1.165) is 23.9 Å². The van der Waals surface area contributed by atoms with Crippen molar-refractivity contribution in [2.75, 3.05) is 19.8 Å². The summed E-state index contributed by atoms with van der Waals surface area (Å²) in [6, 6.07) is 2.15. The van der Waals surface area contributed by atoms with E-state index >= 15 is 0 Å². The molecule has 1 atom stereocenters. The summed E-state index contributed by atoms with van der Waals surface area (Å²) in [6.45, 7) is 0.189. The first-order valence-corrected chi connectivity index (χ1v) is 5.68. The molecule has 0 amide bonds. The molecule has 2 N–H and O–H groups in total. The molecule has 2 nitrogen and oxygen atoms in total. The maximum absolute atomic E-state index is 13.7. The molecule has 0 aliphatic carbocycles. The molecular formula is C10H13F2NOS. The number of aliphatic hydroxyl groups excluding tert-OH is 1. The van der Waals surface area contributed by atoms with E-state index in [0.29, 0.717) is 0 Å². The van der Waals surface area contributed by atoms with Crippen molar-refractivity contribution >= 4 is 11.8 Å². The summed E-state index contributed by atoms with van der Waals surface area (Å²) in [6.07, 6.45) is 0.628. The fourth-order valence-corrected chi connectivity index (χ4v) is 1.81. The zero-order valence-electron chi connectivity index (χ0n) is 8.55. The number of aliphatic hydroxyl groups is 1. The summed E-state index contributed by atoms with van der Waals surface area (Å²) in [4.78, 5) is 0.208. The molecule has 0 aliphatic rings. The Morgan fingerprint density at radius 1 is 1.47 bits per heavy atom. The molecule has 0 saturated heterocycles. The molecule has 1 aromatic rings. The van der Waals surface area contributed by atoms with Crippen LogP contribution in [0, 0.1) is 11.6 Å². The minimum Gasteiger partial charge on any atom is -0.387 e. The second-order valence-electron chi connectivity index (χ2n) is 3.08. The van der Waals surface area contributed by atoms with Gasteiger partial charge in [0.2, 0.25) is 0 Å². The molecule has 0 heterocycles. The lowest BCUT2D eigenvalue weighted by molar-refractivity contribution is 0.172. The lowest BCUT2D eigenvalue weighted by atomic mass is 10.1. The van der Waals surface area contributed by atoms with Crippen LogP contribution in [0.15, 0.2) is 17.0 Å². The monoisotopic (exact) mass is 233 g/mol. The Bertz CT molecular complexity index is 346. The summed E-state index contributed by atoms with van der Waals surface area (Å²) in [7, 11) is 1.63. The van der Waals surface area contributed by atoms with Gasteiger partial charge in [-0.2, -0.15) is 0 Å². The van der Waals surface area contributed by atoms with Crippen LogP contribution in [-0.2, 0) is 0 Å². The molecule has 0 saturated carbocycles. The van der Waals surface area contributed by atoms with Crippen LogP contribution in [0.1, 0.15) is 11.7 Å². The summed E-state index contributed by atoms with van der Waals surface area (Å²) < 4.78 is 26.7. The maximum atomic E-state index is 13.7. The number of nitrogens with one attached hydrogen (secondary N) is 1. The van der Waals surface area contributed by atoms with E-state index in [9.17, 15) is 13.9 Å². The number of benzene rings is 1. The van der Waals surface area contributed by atoms with Crippen molar-refractivity contribution in [3.05, 3.63) is 29.3 Å². The SMILES string of the molecule is CNCC(O)c1cc(F)cc(SC)c1F. The van der Waals surface area contributed by atoms with Gasteiger partial charge in [0.25, 0.3) is 0 Å². The minimum atomic E-state index is -1.03. The van der Waals surface area contributed by atoms with E-state index in [1.54, 1.807) is 13.3 Å². The third kappa shape index (κ3) is 2.90. The predicted molar refractivity (Wildman–Crippen MR) is 57.0 cm³/mol. The molecule has 1 rings (SSSR count). The standard InChI is InChI=1S/C10H13F2NOS/c1-13-5-8(14)7-3-6(11)4-9(15-2)10(7)12/h3-4,8,13-14H,5H2,1-2H3. The average Bonchev–Trinajstić information content (AvgIpc) is 2.21. The first-order chi connectivity index (χ1) is 7.10. The molecule has 0 fully saturated rings. The normalized spacial score (nSPS) is 12.9. The van der Waals surface area contributed by atoms with E-state index < -0.39 is 17.7 Å². The van der Waals surface area contributed by atoms with Crippen LogP contribution < -0.4 is 5.32 Å². The van der Waals surface area contributed by atoms with Crippen LogP contribution in [0.2, 0.25) is 0 Å². The molecule has 84 valence electrons. The van der Waals surface area contributed by atoms with Crippen LogP contribution in [0.5, 0.6) is 0 Å². The van der Waals surface area contributed by atoms with Crippen molar-refractivity contribution in [1.29, 1.82) is 0 Å². The Balaban J connectivity index is 3.11. The van der Waals surface area contributed by atoms with Gasteiger partial charge in [-0.25, -0.2) is 8.78 Å². The van der Waals surface area contributed by atoms with E-state index in [1.165, 1.54) is 0 Å². The van der Waals surface area contributed by atoms with Gasteiger partial charge in [-0.15, -0.1) is 11.8 Å². The zero-order chi connectivity index (χ0) is 11.4. The maximum Gasteiger partial charge on any atom is 0.142 e. The lowest BCUT2D eigenvalue weighted by Gasteiger charge is -2.13. The van der Waals surface area contributed by atoms with Gasteiger partial charge in [-0.3, -0.25) is 0 Å².